The van der Waals surface area contributed by atoms with Crippen molar-refractivity contribution < 1.29 is 14.3 Å². The predicted molar refractivity (Wildman–Crippen MR) is 81.4 cm³/mol. The van der Waals surface area contributed by atoms with Crippen molar-refractivity contribution in [2.45, 2.75) is 0 Å². The SMILES string of the molecule is O=C(C1[C@H]2COC[C@@H]12)N1C[C@H]2CN(c3cccnc3)C(=O)[C@H]2C1. The van der Waals surface area contributed by atoms with Crippen LogP contribution in [0, 0.1) is 29.6 Å². The molecule has 23 heavy (non-hydrogen) atoms. The Kier molecular flexibility index (Phi) is 2.80. The molecule has 1 aliphatic carbocycles. The molecule has 5 atom stereocenters. The second kappa shape index (κ2) is 4.77. The smallest absolute Gasteiger partial charge is 0.232 e. The highest BCUT2D eigenvalue weighted by Crippen LogP contribution is 2.52. The number of fused-ring (bicyclic) bond motifs is 2. The Labute approximate surface area is 134 Å². The first-order chi connectivity index (χ1) is 11.2. The normalized spacial score (nSPS) is 37.9. The highest BCUT2D eigenvalue weighted by Gasteiger charge is 2.60. The van der Waals surface area contributed by atoms with Crippen molar-refractivity contribution in [1.29, 1.82) is 0 Å². The summed E-state index contributed by atoms with van der Waals surface area (Å²) >= 11 is 0. The Morgan fingerprint density at radius 1 is 1.22 bits per heavy atom. The highest BCUT2D eigenvalue weighted by molar-refractivity contribution is 5.98. The topological polar surface area (TPSA) is 62.7 Å². The van der Waals surface area contributed by atoms with Crippen molar-refractivity contribution in [2.24, 2.45) is 29.6 Å². The highest BCUT2D eigenvalue weighted by atomic mass is 16.5. The third kappa shape index (κ3) is 1.94. The van der Waals surface area contributed by atoms with Gasteiger partial charge in [0.05, 0.1) is 31.0 Å². The average molecular weight is 313 g/mol. The molecule has 120 valence electrons. The maximum absolute atomic E-state index is 12.7. The molecule has 6 nitrogen and oxygen atoms in total. The molecule has 2 amide bonds. The van der Waals surface area contributed by atoms with Crippen LogP contribution in [0.15, 0.2) is 24.5 Å². The van der Waals surface area contributed by atoms with Gasteiger partial charge in [-0.2, -0.15) is 0 Å². The van der Waals surface area contributed by atoms with E-state index in [1.165, 1.54) is 0 Å². The Balaban J connectivity index is 1.27. The van der Waals surface area contributed by atoms with E-state index in [-0.39, 0.29) is 29.6 Å². The van der Waals surface area contributed by atoms with E-state index in [0.29, 0.717) is 31.5 Å². The van der Waals surface area contributed by atoms with Crippen LogP contribution in [0.2, 0.25) is 0 Å². The minimum Gasteiger partial charge on any atom is -0.381 e. The first-order valence-electron chi connectivity index (χ1n) is 8.32. The molecule has 4 heterocycles. The summed E-state index contributed by atoms with van der Waals surface area (Å²) in [4.78, 5) is 33.2. The number of hydrogen-bond donors (Lipinski definition) is 0. The van der Waals surface area contributed by atoms with Crippen LogP contribution in [0.4, 0.5) is 5.69 Å². The van der Waals surface area contributed by atoms with Crippen molar-refractivity contribution in [1.82, 2.24) is 9.88 Å². The number of carbonyl (C=O) groups excluding carboxylic acids is 2. The van der Waals surface area contributed by atoms with E-state index >= 15 is 0 Å². The number of amides is 2. The molecule has 0 N–H and O–H groups in total. The standard InChI is InChI=1S/C17H19N3O3/c21-16-12-7-19(17(22)15-13-8-23-9-14(13)15)5-10(12)6-20(16)11-2-1-3-18-4-11/h1-4,10,12-15H,5-9H2/t10-,12-,13-,14+,15?/m0/s1. The molecule has 1 aromatic rings. The number of anilines is 1. The lowest BCUT2D eigenvalue weighted by Crippen LogP contribution is -2.37. The van der Waals surface area contributed by atoms with Crippen molar-refractivity contribution in [3.63, 3.8) is 0 Å². The molecule has 6 heteroatoms. The third-order valence-corrected chi connectivity index (χ3v) is 5.95. The lowest BCUT2D eigenvalue weighted by atomic mass is 10.0. The van der Waals surface area contributed by atoms with Gasteiger partial charge in [0.15, 0.2) is 0 Å². The van der Waals surface area contributed by atoms with Crippen LogP contribution in [-0.4, -0.2) is 54.5 Å². The first-order valence-corrected chi connectivity index (χ1v) is 8.32. The minimum absolute atomic E-state index is 0.0472. The van der Waals surface area contributed by atoms with E-state index < -0.39 is 0 Å². The van der Waals surface area contributed by atoms with E-state index in [1.54, 1.807) is 12.4 Å². The number of carbonyl (C=O) groups is 2. The zero-order valence-electron chi connectivity index (χ0n) is 12.8. The summed E-state index contributed by atoms with van der Waals surface area (Å²) in [6.07, 6.45) is 3.44. The van der Waals surface area contributed by atoms with Crippen molar-refractivity contribution in [3.8, 4) is 0 Å². The number of nitrogens with zero attached hydrogens (tertiary/aromatic N) is 3. The molecule has 1 unspecified atom stereocenters. The van der Waals surface area contributed by atoms with Gasteiger partial charge in [0.2, 0.25) is 11.8 Å². The van der Waals surface area contributed by atoms with Crippen LogP contribution in [0.1, 0.15) is 0 Å². The zero-order chi connectivity index (χ0) is 15.6. The molecule has 3 aliphatic heterocycles. The Bertz CT molecular complexity index is 654. The van der Waals surface area contributed by atoms with Crippen molar-refractivity contribution in [2.75, 3.05) is 37.7 Å². The molecule has 3 saturated heterocycles. The zero-order valence-corrected chi connectivity index (χ0v) is 12.8. The summed E-state index contributed by atoms with van der Waals surface area (Å²) in [6.45, 7) is 3.45. The van der Waals surface area contributed by atoms with Crippen LogP contribution in [0.3, 0.4) is 0 Å². The molecule has 0 aromatic carbocycles. The summed E-state index contributed by atoms with van der Waals surface area (Å²) < 4.78 is 5.37. The van der Waals surface area contributed by atoms with Gasteiger partial charge in [0.1, 0.15) is 0 Å². The number of hydrogen-bond acceptors (Lipinski definition) is 4. The molecule has 4 fully saturated rings. The lowest BCUT2D eigenvalue weighted by molar-refractivity contribution is -0.133. The number of likely N-dealkylation sites (tertiary alicyclic amines) is 1. The van der Waals surface area contributed by atoms with Crippen molar-refractivity contribution >= 4 is 17.5 Å². The number of ether oxygens (including phenoxy) is 1. The quantitative estimate of drug-likeness (QED) is 0.793. The fraction of sp³-hybridized carbons (Fsp3) is 0.588. The van der Waals surface area contributed by atoms with E-state index in [9.17, 15) is 9.59 Å². The largest absolute Gasteiger partial charge is 0.381 e. The van der Waals surface area contributed by atoms with Gasteiger partial charge in [0.25, 0.3) is 0 Å². The number of rotatable bonds is 2. The summed E-state index contributed by atoms with van der Waals surface area (Å²) in [5, 5.41) is 0. The molecule has 0 radical (unpaired) electrons. The van der Waals surface area contributed by atoms with E-state index in [1.807, 2.05) is 21.9 Å². The van der Waals surface area contributed by atoms with Gasteiger partial charge in [0, 0.05) is 37.7 Å². The molecule has 0 spiro atoms. The second-order valence-electron chi connectivity index (χ2n) is 7.16. The van der Waals surface area contributed by atoms with E-state index in [2.05, 4.69) is 4.98 Å². The van der Waals surface area contributed by atoms with Gasteiger partial charge >= 0.3 is 0 Å². The molecular formula is C17H19N3O3. The summed E-state index contributed by atoms with van der Waals surface area (Å²) in [5.41, 5.74) is 0.860. The number of aromatic nitrogens is 1. The molecule has 5 rings (SSSR count). The molecule has 4 aliphatic rings. The fourth-order valence-corrected chi connectivity index (χ4v) is 4.60. The van der Waals surface area contributed by atoms with Gasteiger partial charge in [-0.15, -0.1) is 0 Å². The Morgan fingerprint density at radius 3 is 2.74 bits per heavy atom. The van der Waals surface area contributed by atoms with E-state index in [0.717, 1.165) is 18.9 Å². The molecule has 1 saturated carbocycles. The average Bonchev–Trinajstić information content (AvgIpc) is 2.95. The van der Waals surface area contributed by atoms with Crippen LogP contribution in [0.5, 0.6) is 0 Å². The maximum atomic E-state index is 12.7. The van der Waals surface area contributed by atoms with Crippen molar-refractivity contribution in [3.05, 3.63) is 24.5 Å². The maximum Gasteiger partial charge on any atom is 0.232 e. The summed E-state index contributed by atoms with van der Waals surface area (Å²) in [7, 11) is 0. The fourth-order valence-electron chi connectivity index (χ4n) is 4.60. The van der Waals surface area contributed by atoms with Crippen LogP contribution in [0.25, 0.3) is 0 Å². The van der Waals surface area contributed by atoms with Gasteiger partial charge in [-0.1, -0.05) is 0 Å². The minimum atomic E-state index is -0.0472. The van der Waals surface area contributed by atoms with Crippen LogP contribution < -0.4 is 4.90 Å². The Morgan fingerprint density at radius 2 is 2.04 bits per heavy atom. The van der Waals surface area contributed by atoms with E-state index in [4.69, 9.17) is 4.74 Å². The molecule has 1 aromatic heterocycles. The lowest BCUT2D eigenvalue weighted by Gasteiger charge is -2.22. The predicted octanol–water partition coefficient (Wildman–Crippen LogP) is 0.395. The Hall–Kier alpha value is -1.95. The van der Waals surface area contributed by atoms with Crippen LogP contribution in [-0.2, 0) is 14.3 Å². The molecule has 0 bridgehead atoms. The van der Waals surface area contributed by atoms with Gasteiger partial charge in [-0.25, -0.2) is 0 Å². The number of pyridine rings is 1. The second-order valence-corrected chi connectivity index (χ2v) is 7.16. The first kappa shape index (κ1) is 13.5. The van der Waals surface area contributed by atoms with Gasteiger partial charge in [-0.3, -0.25) is 14.6 Å². The van der Waals surface area contributed by atoms with Crippen LogP contribution >= 0.6 is 0 Å². The molecular weight excluding hydrogens is 294 g/mol. The summed E-state index contributed by atoms with van der Waals surface area (Å²) in [5.74, 6) is 1.62. The van der Waals surface area contributed by atoms with Gasteiger partial charge in [-0.05, 0) is 24.0 Å². The summed E-state index contributed by atoms with van der Waals surface area (Å²) in [6, 6.07) is 3.76. The monoisotopic (exact) mass is 313 g/mol. The van der Waals surface area contributed by atoms with Gasteiger partial charge < -0.3 is 14.5 Å². The third-order valence-electron chi connectivity index (χ3n) is 5.95.